The zero-order valence-corrected chi connectivity index (χ0v) is 18.0. The summed E-state index contributed by atoms with van der Waals surface area (Å²) in [6.45, 7) is 8.20. The van der Waals surface area contributed by atoms with Gasteiger partial charge in [-0.15, -0.1) is 0 Å². The lowest BCUT2D eigenvalue weighted by Crippen LogP contribution is -2.52. The minimum absolute atomic E-state index is 0.341. The Labute approximate surface area is 174 Å². The van der Waals surface area contributed by atoms with Crippen LogP contribution >= 0.6 is 0 Å². The highest BCUT2D eigenvalue weighted by Crippen LogP contribution is 2.61. The van der Waals surface area contributed by atoms with Gasteiger partial charge in [-0.05, 0) is 75.5 Å². The van der Waals surface area contributed by atoms with Crippen LogP contribution in [0.15, 0.2) is 6.07 Å². The predicted molar refractivity (Wildman–Crippen MR) is 115 cm³/mol. The topological polar surface area (TPSA) is 61.4 Å². The molecule has 0 aromatic carbocycles. The molecule has 0 atom stereocenters. The average molecular weight is 398 g/mol. The van der Waals surface area contributed by atoms with Crippen LogP contribution in [0.1, 0.15) is 57.7 Å². The van der Waals surface area contributed by atoms with E-state index in [1.807, 2.05) is 13.0 Å². The quantitative estimate of drug-likeness (QED) is 0.824. The standard InChI is InChI=1S/C23H35N5O/c1-3-24-20-11-21(26-16(2)25-20)27-4-6-28(7-5-27)22(29)15-23-12-17-8-18(13-23)10-19(9-17)14-23/h11,17-19H,3-10,12-15H2,1-2H3,(H,24,25,26). The lowest BCUT2D eigenvalue weighted by molar-refractivity contribution is -0.139. The third kappa shape index (κ3) is 3.82. The van der Waals surface area contributed by atoms with Crippen molar-refractivity contribution >= 4 is 17.5 Å². The molecule has 0 unspecified atom stereocenters. The molecule has 1 aliphatic heterocycles. The first-order chi connectivity index (χ1) is 14.0. The molecule has 1 saturated heterocycles. The number of anilines is 2. The van der Waals surface area contributed by atoms with Gasteiger partial charge in [0.2, 0.25) is 5.91 Å². The minimum atomic E-state index is 0.341. The zero-order valence-electron chi connectivity index (χ0n) is 18.0. The van der Waals surface area contributed by atoms with Crippen molar-refractivity contribution in [3.63, 3.8) is 0 Å². The van der Waals surface area contributed by atoms with Crippen molar-refractivity contribution in [2.45, 2.75) is 58.8 Å². The number of carbonyl (C=O) groups is 1. The highest BCUT2D eigenvalue weighted by Gasteiger charge is 2.51. The van der Waals surface area contributed by atoms with Crippen LogP contribution in [0, 0.1) is 30.1 Å². The van der Waals surface area contributed by atoms with E-state index in [4.69, 9.17) is 0 Å². The van der Waals surface area contributed by atoms with Gasteiger partial charge in [-0.2, -0.15) is 0 Å². The molecular formula is C23H35N5O. The summed E-state index contributed by atoms with van der Waals surface area (Å²) in [5, 5.41) is 3.28. The number of nitrogens with zero attached hydrogens (tertiary/aromatic N) is 4. The molecule has 6 heteroatoms. The maximum absolute atomic E-state index is 13.2. The monoisotopic (exact) mass is 397 g/mol. The van der Waals surface area contributed by atoms with Gasteiger partial charge in [0.05, 0.1) is 0 Å². The fourth-order valence-electron chi connectivity index (χ4n) is 7.11. The van der Waals surface area contributed by atoms with Gasteiger partial charge in [-0.25, -0.2) is 9.97 Å². The maximum Gasteiger partial charge on any atom is 0.223 e. The Hall–Kier alpha value is -1.85. The van der Waals surface area contributed by atoms with Gasteiger partial charge in [0, 0.05) is 45.2 Å². The van der Waals surface area contributed by atoms with Crippen LogP contribution in [-0.2, 0) is 4.79 Å². The van der Waals surface area contributed by atoms with Crippen molar-refractivity contribution in [2.24, 2.45) is 23.2 Å². The molecule has 4 bridgehead atoms. The van der Waals surface area contributed by atoms with Crippen molar-refractivity contribution in [2.75, 3.05) is 42.9 Å². The molecule has 4 saturated carbocycles. The van der Waals surface area contributed by atoms with E-state index in [-0.39, 0.29) is 0 Å². The van der Waals surface area contributed by atoms with Crippen molar-refractivity contribution < 1.29 is 4.79 Å². The number of aryl methyl sites for hydroxylation is 1. The van der Waals surface area contributed by atoms with Crippen LogP contribution in [0.5, 0.6) is 0 Å². The smallest absolute Gasteiger partial charge is 0.223 e. The molecule has 1 aromatic rings. The number of piperazine rings is 1. The third-order valence-corrected chi connectivity index (χ3v) is 7.83. The molecule has 1 aromatic heterocycles. The summed E-state index contributed by atoms with van der Waals surface area (Å²) in [4.78, 5) is 26.7. The van der Waals surface area contributed by atoms with Gasteiger partial charge in [-0.3, -0.25) is 4.79 Å². The van der Waals surface area contributed by atoms with Crippen LogP contribution in [0.3, 0.4) is 0 Å². The molecule has 0 spiro atoms. The third-order valence-electron chi connectivity index (χ3n) is 7.83. The Morgan fingerprint density at radius 1 is 1.07 bits per heavy atom. The van der Waals surface area contributed by atoms with Crippen LogP contribution in [0.25, 0.3) is 0 Å². The Kier molecular flexibility index (Phi) is 4.91. The molecule has 1 N–H and O–H groups in total. The molecule has 6 nitrogen and oxygen atoms in total. The normalized spacial score (nSPS) is 33.2. The lowest BCUT2D eigenvalue weighted by Gasteiger charge is -2.57. The van der Waals surface area contributed by atoms with Gasteiger partial charge >= 0.3 is 0 Å². The van der Waals surface area contributed by atoms with Crippen LogP contribution in [0.2, 0.25) is 0 Å². The number of nitrogens with one attached hydrogen (secondary N) is 1. The maximum atomic E-state index is 13.2. The summed E-state index contributed by atoms with van der Waals surface area (Å²) >= 11 is 0. The second-order valence-electron chi connectivity index (χ2n) is 10.2. The Morgan fingerprint density at radius 3 is 2.28 bits per heavy atom. The van der Waals surface area contributed by atoms with Crippen molar-refractivity contribution in [3.8, 4) is 0 Å². The molecule has 6 rings (SSSR count). The number of rotatable bonds is 5. The first-order valence-corrected chi connectivity index (χ1v) is 11.6. The number of carbonyl (C=O) groups excluding carboxylic acids is 1. The van der Waals surface area contributed by atoms with E-state index in [0.29, 0.717) is 11.3 Å². The van der Waals surface area contributed by atoms with Crippen LogP contribution in [0.4, 0.5) is 11.6 Å². The van der Waals surface area contributed by atoms with Gasteiger partial charge < -0.3 is 15.1 Å². The molecule has 2 heterocycles. The first kappa shape index (κ1) is 19.1. The van der Waals surface area contributed by atoms with Crippen LogP contribution < -0.4 is 10.2 Å². The van der Waals surface area contributed by atoms with Gasteiger partial charge in [0.1, 0.15) is 17.5 Å². The summed E-state index contributed by atoms with van der Waals surface area (Å²) in [7, 11) is 0. The molecule has 5 fully saturated rings. The average Bonchev–Trinajstić information content (AvgIpc) is 2.66. The van der Waals surface area contributed by atoms with E-state index in [9.17, 15) is 4.79 Å². The summed E-state index contributed by atoms with van der Waals surface area (Å²) in [6, 6.07) is 2.03. The second-order valence-corrected chi connectivity index (χ2v) is 10.2. The van der Waals surface area contributed by atoms with Gasteiger partial charge in [-0.1, -0.05) is 0 Å². The SMILES string of the molecule is CCNc1cc(N2CCN(C(=O)CC34CC5CC(CC(C5)C3)C4)CC2)nc(C)n1. The lowest BCUT2D eigenvalue weighted by atomic mass is 9.49. The number of amides is 1. The van der Waals surface area contributed by atoms with Gasteiger partial charge in [0.15, 0.2) is 0 Å². The highest BCUT2D eigenvalue weighted by atomic mass is 16.2. The molecule has 1 amide bonds. The highest BCUT2D eigenvalue weighted by molar-refractivity contribution is 5.77. The van der Waals surface area contributed by atoms with Crippen molar-refractivity contribution in [1.29, 1.82) is 0 Å². The Morgan fingerprint density at radius 2 is 1.69 bits per heavy atom. The predicted octanol–water partition coefficient (Wildman–Crippen LogP) is 3.47. The summed E-state index contributed by atoms with van der Waals surface area (Å²) in [6.07, 6.45) is 9.08. The summed E-state index contributed by atoms with van der Waals surface area (Å²) in [5.74, 6) is 5.79. The molecular weight excluding hydrogens is 362 g/mol. The Bertz CT molecular complexity index is 735. The number of hydrogen-bond acceptors (Lipinski definition) is 5. The van der Waals surface area contributed by atoms with E-state index in [1.54, 1.807) is 0 Å². The molecule has 4 aliphatic carbocycles. The zero-order chi connectivity index (χ0) is 20.0. The number of aromatic nitrogens is 2. The van der Waals surface area contributed by atoms with E-state index in [1.165, 1.54) is 38.5 Å². The minimum Gasteiger partial charge on any atom is -0.370 e. The Balaban J connectivity index is 1.19. The summed E-state index contributed by atoms with van der Waals surface area (Å²) < 4.78 is 0. The fourth-order valence-corrected chi connectivity index (χ4v) is 7.11. The molecule has 29 heavy (non-hydrogen) atoms. The van der Waals surface area contributed by atoms with Gasteiger partial charge in [0.25, 0.3) is 0 Å². The molecule has 0 radical (unpaired) electrons. The van der Waals surface area contributed by atoms with E-state index < -0.39 is 0 Å². The summed E-state index contributed by atoms with van der Waals surface area (Å²) in [5.41, 5.74) is 0.341. The fraction of sp³-hybridized carbons (Fsp3) is 0.783. The van der Waals surface area contributed by atoms with Crippen molar-refractivity contribution in [3.05, 3.63) is 11.9 Å². The van der Waals surface area contributed by atoms with E-state index >= 15 is 0 Å². The number of hydrogen-bond donors (Lipinski definition) is 1. The molecule has 5 aliphatic rings. The van der Waals surface area contributed by atoms with Crippen molar-refractivity contribution in [1.82, 2.24) is 14.9 Å². The molecule has 158 valence electrons. The van der Waals surface area contributed by atoms with E-state index in [2.05, 4.69) is 32.0 Å². The largest absolute Gasteiger partial charge is 0.370 e. The first-order valence-electron chi connectivity index (χ1n) is 11.6. The van der Waals surface area contributed by atoms with Crippen LogP contribution in [-0.4, -0.2) is 53.5 Å². The van der Waals surface area contributed by atoms with E-state index in [0.717, 1.165) is 74.4 Å². The second kappa shape index (κ2) is 7.44.